The number of rotatable bonds is 13. The molecular formula is C60H85N3O37. The Bertz CT molecular complexity index is 3130. The average molecular weight is 1440 g/mol. The van der Waals surface area contributed by atoms with E-state index in [4.69, 9.17) is 71.1 Å². The Kier molecular flexibility index (Phi) is 25.2. The van der Waals surface area contributed by atoms with E-state index >= 15 is 0 Å². The minimum Gasteiger partial charge on any atom is -0.461 e. The highest BCUT2D eigenvalue weighted by molar-refractivity contribution is 6.05. The third-order valence-electron chi connectivity index (χ3n) is 18.7. The highest BCUT2D eigenvalue weighted by Gasteiger charge is 2.60. The molecule has 21 aliphatic heterocycles. The number of pyridine rings is 2. The van der Waals surface area contributed by atoms with Crippen molar-refractivity contribution in [1.29, 1.82) is 0 Å². The van der Waals surface area contributed by atoms with Crippen LogP contribution in [0.15, 0.2) is 48.9 Å². The van der Waals surface area contributed by atoms with Gasteiger partial charge in [-0.2, -0.15) is 0 Å². The second-order valence-electron chi connectivity index (χ2n) is 25.2. The van der Waals surface area contributed by atoms with Gasteiger partial charge in [-0.15, -0.1) is 0 Å². The number of hydrogen-bond donors (Lipinski definition) is 21. The summed E-state index contributed by atoms with van der Waals surface area (Å²) in [5.41, 5.74) is 1.19. The molecule has 35 atom stereocenters. The van der Waals surface area contributed by atoms with E-state index in [1.54, 1.807) is 31.2 Å². The summed E-state index contributed by atoms with van der Waals surface area (Å²) in [6.45, 7) is -5.56. The number of esters is 1. The number of nitrogens with zero attached hydrogens (tertiary/aromatic N) is 2. The molecule has 21 fully saturated rings. The molecule has 0 aromatic carbocycles. The number of carbonyl (C=O) groups excluding carboxylic acids is 2. The average Bonchev–Trinajstić information content (AvgIpc) is 1.36. The Balaban J connectivity index is 0.908. The zero-order chi connectivity index (χ0) is 71.9. The molecule has 24 heterocycles. The van der Waals surface area contributed by atoms with Crippen LogP contribution in [0.4, 0.5) is 0 Å². The first-order chi connectivity index (χ1) is 47.9. The van der Waals surface area contributed by atoms with E-state index in [0.717, 1.165) is 0 Å². The number of aromatic nitrogens is 2. The van der Waals surface area contributed by atoms with Gasteiger partial charge in [0.1, 0.15) is 177 Å². The van der Waals surface area contributed by atoms with Crippen LogP contribution in [0.2, 0.25) is 0 Å². The van der Waals surface area contributed by atoms with Crippen LogP contribution in [0, 0.1) is 0 Å². The van der Waals surface area contributed by atoms with Crippen LogP contribution in [0.25, 0.3) is 16.6 Å². The third-order valence-corrected chi connectivity index (χ3v) is 18.7. The third kappa shape index (κ3) is 15.2. The predicted molar refractivity (Wildman–Crippen MR) is 315 cm³/mol. The molecule has 0 unspecified atom stereocenters. The van der Waals surface area contributed by atoms with Gasteiger partial charge in [0.2, 0.25) is 0 Å². The van der Waals surface area contributed by atoms with Gasteiger partial charge in [0.25, 0.3) is 5.91 Å². The normalized spacial score (nSPS) is 45.2. The molecule has 1 amide bonds. The molecule has 24 rings (SSSR count). The first kappa shape index (κ1) is 76.6. The van der Waals surface area contributed by atoms with E-state index in [1.807, 2.05) is 0 Å². The fourth-order valence-electron chi connectivity index (χ4n) is 13.3. The Morgan fingerprint density at radius 2 is 0.690 bits per heavy atom. The second kappa shape index (κ2) is 32.9. The molecule has 21 saturated heterocycles. The van der Waals surface area contributed by atoms with E-state index < -0.39 is 273 Å². The molecule has 0 spiro atoms. The van der Waals surface area contributed by atoms with Gasteiger partial charge >= 0.3 is 5.97 Å². The lowest BCUT2D eigenvalue weighted by Gasteiger charge is -2.50. The van der Waals surface area contributed by atoms with E-state index in [9.17, 15) is 112 Å². The summed E-state index contributed by atoms with van der Waals surface area (Å²) in [5, 5.41) is 229. The summed E-state index contributed by atoms with van der Waals surface area (Å²) >= 11 is 0. The Morgan fingerprint density at radius 3 is 0.980 bits per heavy atom. The molecule has 0 saturated carbocycles. The van der Waals surface area contributed by atoms with Crippen molar-refractivity contribution in [2.24, 2.45) is 0 Å². The molecule has 100 heavy (non-hydrogen) atoms. The van der Waals surface area contributed by atoms with Crippen LogP contribution in [0.1, 0.15) is 34.2 Å². The van der Waals surface area contributed by atoms with Gasteiger partial charge < -0.3 is 183 Å². The monoisotopic (exact) mass is 1440 g/mol. The van der Waals surface area contributed by atoms with Crippen LogP contribution >= 0.6 is 0 Å². The number of amides is 1. The molecule has 40 nitrogen and oxygen atoms in total. The van der Waals surface area contributed by atoms with Gasteiger partial charge in [0.05, 0.1) is 57.3 Å². The zero-order valence-electron chi connectivity index (χ0n) is 53.0. The van der Waals surface area contributed by atoms with Crippen molar-refractivity contribution in [3.63, 3.8) is 0 Å². The number of aliphatic hydroxyl groups excluding tert-OH is 20. The first-order valence-electron chi connectivity index (χ1n) is 32.3. The van der Waals surface area contributed by atoms with Crippen molar-refractivity contribution in [2.75, 3.05) is 52.8 Å². The van der Waals surface area contributed by atoms with Crippen molar-refractivity contribution >= 4 is 17.4 Å². The topological polar surface area (TPSA) is 607 Å². The molecular weight excluding hydrogens is 1350 g/mol. The van der Waals surface area contributed by atoms with Gasteiger partial charge in [0, 0.05) is 25.1 Å². The summed E-state index contributed by atoms with van der Waals surface area (Å²) < 4.78 is 88.7. The minimum absolute atomic E-state index is 0.0201. The molecule has 14 bridgehead atoms. The van der Waals surface area contributed by atoms with Gasteiger partial charge in [-0.05, 0) is 47.9 Å². The minimum atomic E-state index is -2.34. The van der Waals surface area contributed by atoms with Gasteiger partial charge in [0.15, 0.2) is 44.0 Å². The molecule has 21 aliphatic rings. The van der Waals surface area contributed by atoms with E-state index in [1.165, 1.54) is 29.1 Å². The van der Waals surface area contributed by atoms with Crippen molar-refractivity contribution in [2.45, 2.75) is 228 Å². The highest BCUT2D eigenvalue weighted by atomic mass is 16.8. The van der Waals surface area contributed by atoms with Crippen molar-refractivity contribution < 1.29 is 183 Å². The lowest BCUT2D eigenvalue weighted by atomic mass is 9.95. The fraction of sp³-hybridized carbons (Fsp3) is 0.750. The SMILES string of the molecule is CCCOC(=O)c1cc(C(=O)NC[C@H]2O[C@@H]3O[C@H]4[C@H](O)[C@@H](O)[C@@H](O[C@H]5[C@H](O)[C@@H](O)[C@@H](O[C@H]6[C@H](O)[C@@H](O)[C@@H](O[C@H]7[C@H](O)[C@@H](O)[C@@H](O[C@H]8[C@H](O)[C@@H](O)[C@@H](O[C@H]9[C@H](O)[C@@H](O)[C@@H](O[C@H]2[C@H](O)[C@H]3O)O[C@@H]9CO)O[C@@H]8CO)O[C@@H]7CO)O[C@@H]6CO)O[C@@H]5CO)O[C@@H]4CO)c2cc(-c3ccncc3)ccn12. The number of nitrogens with one attached hydrogen (secondary N) is 1. The number of aliphatic hydroxyl groups is 20. The van der Waals surface area contributed by atoms with E-state index in [0.29, 0.717) is 17.5 Å². The second-order valence-corrected chi connectivity index (χ2v) is 25.2. The summed E-state index contributed by atoms with van der Waals surface area (Å²) in [6, 6.07) is 7.89. The zero-order valence-corrected chi connectivity index (χ0v) is 53.0. The molecule has 0 radical (unpaired) electrons. The molecule has 3 aromatic heterocycles. The van der Waals surface area contributed by atoms with Gasteiger partial charge in [-0.25, -0.2) is 4.79 Å². The van der Waals surface area contributed by atoms with Crippen LogP contribution < -0.4 is 5.32 Å². The Hall–Kier alpha value is -4.51. The van der Waals surface area contributed by atoms with Crippen molar-refractivity contribution in [3.8, 4) is 11.1 Å². The summed E-state index contributed by atoms with van der Waals surface area (Å²) in [6.07, 6.45) is -67.9. The molecule has 40 heteroatoms. The maximum absolute atomic E-state index is 14.7. The summed E-state index contributed by atoms with van der Waals surface area (Å²) in [7, 11) is 0. The lowest BCUT2D eigenvalue weighted by molar-refractivity contribution is -0.396. The van der Waals surface area contributed by atoms with E-state index in [2.05, 4.69) is 10.3 Å². The van der Waals surface area contributed by atoms with E-state index in [-0.39, 0.29) is 23.4 Å². The number of ether oxygens (including phenoxy) is 15. The molecule has 21 N–H and O–H groups in total. The number of fused-ring (bicyclic) bond motifs is 1. The fourth-order valence-corrected chi connectivity index (χ4v) is 13.3. The largest absolute Gasteiger partial charge is 0.461 e. The van der Waals surface area contributed by atoms with Crippen LogP contribution in [0.3, 0.4) is 0 Å². The lowest BCUT2D eigenvalue weighted by Crippen LogP contribution is -2.68. The Labute approximate surface area is 565 Å². The highest BCUT2D eigenvalue weighted by Crippen LogP contribution is 2.40. The predicted octanol–water partition coefficient (Wildman–Crippen LogP) is -11.9. The van der Waals surface area contributed by atoms with Crippen molar-refractivity contribution in [1.82, 2.24) is 14.7 Å². The summed E-state index contributed by atoms with van der Waals surface area (Å²) in [4.78, 5) is 32.2. The molecule has 562 valence electrons. The van der Waals surface area contributed by atoms with Crippen LogP contribution in [-0.2, 0) is 71.1 Å². The molecule has 3 aromatic rings. The quantitative estimate of drug-likeness (QED) is 0.0707. The smallest absolute Gasteiger partial charge is 0.355 e. The first-order valence-corrected chi connectivity index (χ1v) is 32.3. The van der Waals surface area contributed by atoms with Crippen LogP contribution in [0.5, 0.6) is 0 Å². The van der Waals surface area contributed by atoms with Gasteiger partial charge in [-0.1, -0.05) is 6.92 Å². The summed E-state index contributed by atoms with van der Waals surface area (Å²) in [5.74, 6) is -1.73. The van der Waals surface area contributed by atoms with Crippen LogP contribution in [-0.4, -0.2) is 391 Å². The van der Waals surface area contributed by atoms with Crippen molar-refractivity contribution in [3.05, 3.63) is 60.2 Å². The number of hydrogen-bond acceptors (Lipinski definition) is 38. The number of carbonyl (C=O) groups is 2. The van der Waals surface area contributed by atoms with Gasteiger partial charge in [-0.3, -0.25) is 9.78 Å². The standard InChI is InChI=1S/C60H85N3O37/c1-2-9-86-53(85)23-11-21(22-10-20(5-8-63(22)23)19-3-6-61-7-4-19)52(84)62-12-24-45-31(70)38(77)54(87-24)95-46-25(13-64)89-56(40(79)33(46)72)97-48-27(15-66)91-58(42(81)35(48)74)99-50-29(17-68)93-60(44(83)37(50)76)100-51-30(18-69)92-59(43(82)36(51)75)98-49-28(16-67)90-57(41(80)34(49)73)96-47-26(14-65)88-55(94-45)39(78)32(47)71/h3-8,10-11,24-51,54-60,64-83H,2,9,12-18H2,1H3,(H,62,84)/t24-,25-,26-,27-,28-,29-,30-,31-,32-,33-,34-,35-,36-,37-,38-,39-,40-,41-,42-,43-,44-,45-,46-,47-,48-,49-,50-,51-,54-,55-,56-,57-,58-,59-,60-/m1/s1. The maximum atomic E-state index is 14.7. The maximum Gasteiger partial charge on any atom is 0.355 e. The Morgan fingerprint density at radius 1 is 0.400 bits per heavy atom. The molecule has 0 aliphatic carbocycles.